The van der Waals surface area contributed by atoms with Crippen LogP contribution in [0.2, 0.25) is 0 Å². The van der Waals surface area contributed by atoms with E-state index in [9.17, 15) is 9.59 Å². The zero-order valence-corrected chi connectivity index (χ0v) is 19.3. The zero-order chi connectivity index (χ0) is 21.4. The number of nitrogens with one attached hydrogen (secondary N) is 1. The van der Waals surface area contributed by atoms with E-state index in [1.807, 2.05) is 18.7 Å². The quantitative estimate of drug-likeness (QED) is 0.695. The van der Waals surface area contributed by atoms with Crippen LogP contribution in [0.1, 0.15) is 85.0 Å². The number of fused-ring (bicyclic) bond motifs is 1. The molecule has 162 valence electrons. The molecule has 1 aliphatic heterocycles. The minimum atomic E-state index is -0.125. The first-order valence-electron chi connectivity index (χ1n) is 11.3. The fourth-order valence-corrected chi connectivity index (χ4v) is 5.55. The van der Waals surface area contributed by atoms with Crippen molar-refractivity contribution in [3.05, 3.63) is 22.0 Å². The second-order valence-corrected chi connectivity index (χ2v) is 9.90. The predicted molar refractivity (Wildman–Crippen MR) is 120 cm³/mol. The summed E-state index contributed by atoms with van der Waals surface area (Å²) in [5.74, 6) is 1.40. The van der Waals surface area contributed by atoms with Crippen LogP contribution in [0.5, 0.6) is 0 Å². The summed E-state index contributed by atoms with van der Waals surface area (Å²) in [6.45, 7) is 9.42. The summed E-state index contributed by atoms with van der Waals surface area (Å²) in [6.07, 6.45) is 6.06. The molecule has 0 aromatic carbocycles. The van der Waals surface area contributed by atoms with Crippen molar-refractivity contribution in [3.63, 3.8) is 0 Å². The van der Waals surface area contributed by atoms with Gasteiger partial charge in [0.25, 0.3) is 5.91 Å². The summed E-state index contributed by atoms with van der Waals surface area (Å²) >= 11 is 1.48. The SMILES string of the molecule is CCCCNC(=O)C1CCC(C)N(C(=O)c2sc3nc(C4CC4)nc(C)c3c2C)C1. The number of rotatable bonds is 6. The molecule has 30 heavy (non-hydrogen) atoms. The normalized spacial score (nSPS) is 21.8. The minimum absolute atomic E-state index is 0.0291. The summed E-state index contributed by atoms with van der Waals surface area (Å²) in [5.41, 5.74) is 1.94. The van der Waals surface area contributed by atoms with E-state index in [4.69, 9.17) is 9.97 Å². The fourth-order valence-electron chi connectivity index (χ4n) is 4.36. The Labute approximate surface area is 182 Å². The molecule has 2 atom stereocenters. The highest BCUT2D eigenvalue weighted by Gasteiger charge is 2.35. The first-order chi connectivity index (χ1) is 14.4. The number of hydrogen-bond acceptors (Lipinski definition) is 5. The molecule has 1 N–H and O–H groups in total. The average molecular weight is 429 g/mol. The Kier molecular flexibility index (Phi) is 6.09. The van der Waals surface area contributed by atoms with Crippen molar-refractivity contribution in [2.75, 3.05) is 13.1 Å². The molecule has 0 radical (unpaired) electrons. The van der Waals surface area contributed by atoms with E-state index < -0.39 is 0 Å². The number of thiophene rings is 1. The summed E-state index contributed by atoms with van der Waals surface area (Å²) in [6, 6.07) is 0.135. The minimum Gasteiger partial charge on any atom is -0.356 e. The molecule has 0 bridgehead atoms. The van der Waals surface area contributed by atoms with Gasteiger partial charge in [0.2, 0.25) is 5.91 Å². The van der Waals surface area contributed by atoms with Crippen molar-refractivity contribution in [2.45, 2.75) is 78.2 Å². The maximum atomic E-state index is 13.5. The van der Waals surface area contributed by atoms with E-state index in [0.717, 1.165) is 70.7 Å². The molecule has 1 saturated heterocycles. The van der Waals surface area contributed by atoms with Crippen LogP contribution in [0, 0.1) is 19.8 Å². The van der Waals surface area contributed by atoms with Crippen molar-refractivity contribution < 1.29 is 9.59 Å². The third-order valence-electron chi connectivity index (χ3n) is 6.47. The maximum absolute atomic E-state index is 13.5. The van der Waals surface area contributed by atoms with Gasteiger partial charge in [-0.15, -0.1) is 11.3 Å². The summed E-state index contributed by atoms with van der Waals surface area (Å²) in [7, 11) is 0. The van der Waals surface area contributed by atoms with E-state index in [2.05, 4.69) is 19.2 Å². The fraction of sp³-hybridized carbons (Fsp3) is 0.652. The molecular weight excluding hydrogens is 396 g/mol. The first kappa shape index (κ1) is 21.2. The van der Waals surface area contributed by atoms with Gasteiger partial charge in [-0.3, -0.25) is 9.59 Å². The number of amides is 2. The van der Waals surface area contributed by atoms with Gasteiger partial charge in [-0.25, -0.2) is 9.97 Å². The molecule has 3 heterocycles. The van der Waals surface area contributed by atoms with Crippen LogP contribution in [0.25, 0.3) is 10.2 Å². The van der Waals surface area contributed by atoms with Crippen LogP contribution in [-0.4, -0.2) is 45.8 Å². The van der Waals surface area contributed by atoms with Gasteiger partial charge < -0.3 is 10.2 Å². The Morgan fingerprint density at radius 3 is 2.63 bits per heavy atom. The van der Waals surface area contributed by atoms with Gasteiger partial charge in [0.15, 0.2) is 0 Å². The number of aromatic nitrogens is 2. The molecular formula is C23H32N4O2S. The van der Waals surface area contributed by atoms with Crippen molar-refractivity contribution in [1.82, 2.24) is 20.2 Å². The Hall–Kier alpha value is -2.02. The van der Waals surface area contributed by atoms with Crippen LogP contribution in [0.3, 0.4) is 0 Å². The molecule has 0 spiro atoms. The molecule has 1 saturated carbocycles. The van der Waals surface area contributed by atoms with E-state index in [1.54, 1.807) is 0 Å². The topological polar surface area (TPSA) is 75.2 Å². The van der Waals surface area contributed by atoms with Gasteiger partial charge in [-0.2, -0.15) is 0 Å². The number of piperidine rings is 1. The monoisotopic (exact) mass is 428 g/mol. The van der Waals surface area contributed by atoms with Gasteiger partial charge >= 0.3 is 0 Å². The molecule has 2 aliphatic rings. The smallest absolute Gasteiger partial charge is 0.264 e. The lowest BCUT2D eigenvalue weighted by molar-refractivity contribution is -0.126. The Balaban J connectivity index is 1.56. The molecule has 2 unspecified atom stereocenters. The van der Waals surface area contributed by atoms with Crippen LogP contribution < -0.4 is 5.32 Å². The van der Waals surface area contributed by atoms with Crippen molar-refractivity contribution in [3.8, 4) is 0 Å². The van der Waals surface area contributed by atoms with Crippen molar-refractivity contribution in [2.24, 2.45) is 5.92 Å². The molecule has 7 heteroatoms. The number of nitrogens with zero attached hydrogens (tertiary/aromatic N) is 3. The van der Waals surface area contributed by atoms with E-state index >= 15 is 0 Å². The zero-order valence-electron chi connectivity index (χ0n) is 18.5. The lowest BCUT2D eigenvalue weighted by Crippen LogP contribution is -2.49. The Bertz CT molecular complexity index is 966. The number of unbranched alkanes of at least 4 members (excludes halogenated alkanes) is 1. The molecule has 6 nitrogen and oxygen atoms in total. The number of hydrogen-bond donors (Lipinski definition) is 1. The average Bonchev–Trinajstić information content (AvgIpc) is 3.51. The van der Waals surface area contributed by atoms with Gasteiger partial charge in [0, 0.05) is 30.4 Å². The lowest BCUT2D eigenvalue weighted by Gasteiger charge is -2.37. The second kappa shape index (κ2) is 8.61. The first-order valence-corrected chi connectivity index (χ1v) is 12.1. The van der Waals surface area contributed by atoms with Crippen molar-refractivity contribution in [1.29, 1.82) is 0 Å². The van der Waals surface area contributed by atoms with Gasteiger partial charge in [-0.1, -0.05) is 13.3 Å². The van der Waals surface area contributed by atoms with Gasteiger partial charge in [-0.05, 0) is 58.4 Å². The summed E-state index contributed by atoms with van der Waals surface area (Å²) in [5, 5.41) is 4.06. The number of carbonyl (C=O) groups excluding carboxylic acids is 2. The molecule has 2 aromatic heterocycles. The van der Waals surface area contributed by atoms with E-state index in [0.29, 0.717) is 19.0 Å². The predicted octanol–water partition coefficient (Wildman–Crippen LogP) is 4.34. The number of likely N-dealkylation sites (tertiary alicyclic amines) is 1. The molecule has 2 amide bonds. The van der Waals surface area contributed by atoms with E-state index in [-0.39, 0.29) is 23.8 Å². The third-order valence-corrected chi connectivity index (χ3v) is 7.64. The van der Waals surface area contributed by atoms with Crippen LogP contribution in [0.15, 0.2) is 0 Å². The highest BCUT2D eigenvalue weighted by molar-refractivity contribution is 7.20. The highest BCUT2D eigenvalue weighted by atomic mass is 32.1. The van der Waals surface area contributed by atoms with Crippen molar-refractivity contribution >= 4 is 33.4 Å². The highest BCUT2D eigenvalue weighted by Crippen LogP contribution is 2.41. The summed E-state index contributed by atoms with van der Waals surface area (Å²) in [4.78, 5) is 39.2. The van der Waals surface area contributed by atoms with Crippen LogP contribution in [-0.2, 0) is 4.79 Å². The number of carbonyl (C=O) groups is 2. The third kappa shape index (κ3) is 4.09. The molecule has 2 fully saturated rings. The number of aryl methyl sites for hydroxylation is 2. The summed E-state index contributed by atoms with van der Waals surface area (Å²) < 4.78 is 0. The van der Waals surface area contributed by atoms with Gasteiger partial charge in [0.05, 0.1) is 16.5 Å². The largest absolute Gasteiger partial charge is 0.356 e. The Morgan fingerprint density at radius 1 is 1.17 bits per heavy atom. The van der Waals surface area contributed by atoms with Crippen LogP contribution in [0.4, 0.5) is 0 Å². The van der Waals surface area contributed by atoms with Gasteiger partial charge in [0.1, 0.15) is 10.7 Å². The molecule has 2 aromatic rings. The standard InChI is InChI=1S/C23H32N4O2S/c1-5-6-11-24-21(28)17-8-7-13(2)27(12-17)23(29)19-14(3)18-15(4)25-20(16-9-10-16)26-22(18)30-19/h13,16-17H,5-12H2,1-4H3,(H,24,28). The second-order valence-electron chi connectivity index (χ2n) is 8.90. The lowest BCUT2D eigenvalue weighted by atomic mass is 9.92. The molecule has 4 rings (SSSR count). The molecule has 1 aliphatic carbocycles. The maximum Gasteiger partial charge on any atom is 0.264 e. The Morgan fingerprint density at radius 2 is 1.93 bits per heavy atom. The van der Waals surface area contributed by atoms with Crippen LogP contribution >= 0.6 is 11.3 Å². The van der Waals surface area contributed by atoms with E-state index in [1.165, 1.54) is 11.3 Å².